The van der Waals surface area contributed by atoms with Gasteiger partial charge in [-0.15, -0.1) is 0 Å². The number of hydrogen-bond donors (Lipinski definition) is 0. The molecular formula is C22H39BrO3. The molecule has 1 fully saturated rings. The number of allylic oxidation sites excluding steroid dienone is 1. The second-order valence-electron chi connectivity index (χ2n) is 7.77. The SMILES string of the molecule is CCOC(C)O[C@@H](/C=C/[C@H]1CCC(=O)[C@@H]1CCCCCCCBr)C(C)C. The van der Waals surface area contributed by atoms with Crippen LogP contribution >= 0.6 is 15.9 Å². The third-order valence-electron chi connectivity index (χ3n) is 5.26. The van der Waals surface area contributed by atoms with Crippen LogP contribution in [0, 0.1) is 17.8 Å². The summed E-state index contributed by atoms with van der Waals surface area (Å²) < 4.78 is 11.5. The van der Waals surface area contributed by atoms with Crippen molar-refractivity contribution in [1.29, 1.82) is 0 Å². The molecule has 152 valence electrons. The monoisotopic (exact) mass is 430 g/mol. The first-order chi connectivity index (χ1) is 12.5. The summed E-state index contributed by atoms with van der Waals surface area (Å²) in [6.45, 7) is 8.92. The molecule has 26 heavy (non-hydrogen) atoms. The van der Waals surface area contributed by atoms with Crippen molar-refractivity contribution >= 4 is 21.7 Å². The van der Waals surface area contributed by atoms with Crippen LogP contribution in [0.25, 0.3) is 0 Å². The van der Waals surface area contributed by atoms with E-state index in [-0.39, 0.29) is 18.3 Å². The molecule has 0 spiro atoms. The third kappa shape index (κ3) is 9.14. The summed E-state index contributed by atoms with van der Waals surface area (Å²) in [7, 11) is 0. The first-order valence-electron chi connectivity index (χ1n) is 10.5. The molecule has 0 bridgehead atoms. The van der Waals surface area contributed by atoms with Gasteiger partial charge in [-0.3, -0.25) is 4.79 Å². The average molecular weight is 431 g/mol. The summed E-state index contributed by atoms with van der Waals surface area (Å²) in [5.41, 5.74) is 0. The van der Waals surface area contributed by atoms with Gasteiger partial charge in [0.05, 0.1) is 6.10 Å². The topological polar surface area (TPSA) is 35.5 Å². The summed E-state index contributed by atoms with van der Waals surface area (Å²) in [5, 5.41) is 1.10. The predicted molar refractivity (Wildman–Crippen MR) is 113 cm³/mol. The number of carbonyl (C=O) groups excluding carboxylic acids is 1. The van der Waals surface area contributed by atoms with Gasteiger partial charge in [-0.25, -0.2) is 0 Å². The lowest BCUT2D eigenvalue weighted by Gasteiger charge is -2.23. The number of ether oxygens (including phenoxy) is 2. The van der Waals surface area contributed by atoms with Crippen LogP contribution in [-0.2, 0) is 14.3 Å². The van der Waals surface area contributed by atoms with Crippen molar-refractivity contribution < 1.29 is 14.3 Å². The van der Waals surface area contributed by atoms with E-state index in [1.165, 1.54) is 32.1 Å². The Labute approximate surface area is 169 Å². The fraction of sp³-hybridized carbons (Fsp3) is 0.864. The van der Waals surface area contributed by atoms with E-state index in [1.54, 1.807) is 0 Å². The van der Waals surface area contributed by atoms with Crippen molar-refractivity contribution in [2.75, 3.05) is 11.9 Å². The van der Waals surface area contributed by atoms with Gasteiger partial charge in [-0.05, 0) is 44.9 Å². The number of rotatable bonds is 14. The standard InChI is InChI=1S/C22H39BrO3/c1-5-25-18(4)26-22(17(2)3)15-13-19-12-14-21(24)20(19)11-9-7-6-8-10-16-23/h13,15,17-20,22H,5-12,14,16H2,1-4H3/b15-13+/t18?,19-,20-,22+/m1/s1. The van der Waals surface area contributed by atoms with E-state index < -0.39 is 0 Å². The van der Waals surface area contributed by atoms with Crippen molar-refractivity contribution in [2.45, 2.75) is 91.5 Å². The molecule has 1 aliphatic rings. The van der Waals surface area contributed by atoms with Crippen LogP contribution in [0.15, 0.2) is 12.2 Å². The van der Waals surface area contributed by atoms with Gasteiger partial charge >= 0.3 is 0 Å². The summed E-state index contributed by atoms with van der Waals surface area (Å²) >= 11 is 3.48. The fourth-order valence-corrected chi connectivity index (χ4v) is 4.10. The normalized spacial score (nSPS) is 23.2. The molecule has 0 N–H and O–H groups in total. The first-order valence-corrected chi connectivity index (χ1v) is 11.7. The largest absolute Gasteiger partial charge is 0.353 e. The lowest BCUT2D eigenvalue weighted by molar-refractivity contribution is -0.154. The highest BCUT2D eigenvalue weighted by molar-refractivity contribution is 9.09. The summed E-state index contributed by atoms with van der Waals surface area (Å²) in [6, 6.07) is 0. The number of unbranched alkanes of at least 4 members (excludes halogenated alkanes) is 4. The smallest absolute Gasteiger partial charge is 0.155 e. The Balaban J connectivity index is 2.50. The molecule has 1 unspecified atom stereocenters. The van der Waals surface area contributed by atoms with Gasteiger partial charge in [0.2, 0.25) is 0 Å². The maximum Gasteiger partial charge on any atom is 0.155 e. The highest BCUT2D eigenvalue weighted by Gasteiger charge is 2.32. The zero-order valence-corrected chi connectivity index (χ0v) is 18.8. The Morgan fingerprint density at radius 3 is 2.50 bits per heavy atom. The lowest BCUT2D eigenvalue weighted by Crippen LogP contribution is -2.25. The molecule has 0 aromatic rings. The molecular weight excluding hydrogens is 392 g/mol. The van der Waals surface area contributed by atoms with Gasteiger partial charge in [-0.2, -0.15) is 0 Å². The van der Waals surface area contributed by atoms with Crippen LogP contribution in [0.1, 0.15) is 79.1 Å². The number of hydrogen-bond acceptors (Lipinski definition) is 3. The minimum Gasteiger partial charge on any atom is -0.353 e. The van der Waals surface area contributed by atoms with Crippen molar-refractivity contribution in [3.8, 4) is 0 Å². The second kappa shape index (κ2) is 13.9. The highest BCUT2D eigenvalue weighted by Crippen LogP contribution is 2.34. The Hall–Kier alpha value is -0.190. The van der Waals surface area contributed by atoms with Crippen LogP contribution in [0.5, 0.6) is 0 Å². The first kappa shape index (κ1) is 23.8. The number of ketones is 1. The number of alkyl halides is 1. The van der Waals surface area contributed by atoms with Gasteiger partial charge in [0.1, 0.15) is 5.78 Å². The van der Waals surface area contributed by atoms with Gasteiger partial charge in [-0.1, -0.05) is 67.6 Å². The Morgan fingerprint density at radius 1 is 1.15 bits per heavy atom. The molecule has 4 atom stereocenters. The summed E-state index contributed by atoms with van der Waals surface area (Å²) in [4.78, 5) is 12.3. The van der Waals surface area contributed by atoms with E-state index in [2.05, 4.69) is 41.9 Å². The summed E-state index contributed by atoms with van der Waals surface area (Å²) in [5.74, 6) is 1.46. The van der Waals surface area contributed by atoms with E-state index in [9.17, 15) is 4.79 Å². The van der Waals surface area contributed by atoms with E-state index in [4.69, 9.17) is 9.47 Å². The van der Waals surface area contributed by atoms with Gasteiger partial charge in [0, 0.05) is 24.3 Å². The van der Waals surface area contributed by atoms with Gasteiger partial charge < -0.3 is 9.47 Å². The molecule has 4 heteroatoms. The Kier molecular flexibility index (Phi) is 12.8. The van der Waals surface area contributed by atoms with Crippen molar-refractivity contribution in [1.82, 2.24) is 0 Å². The summed E-state index contributed by atoms with van der Waals surface area (Å²) in [6.07, 6.45) is 13.3. The van der Waals surface area contributed by atoms with Crippen LogP contribution in [0.2, 0.25) is 0 Å². The molecule has 3 nitrogen and oxygen atoms in total. The van der Waals surface area contributed by atoms with Gasteiger partial charge in [0.15, 0.2) is 6.29 Å². The quantitative estimate of drug-likeness (QED) is 0.140. The zero-order chi connectivity index (χ0) is 19.4. The van der Waals surface area contributed by atoms with Crippen molar-refractivity contribution in [3.63, 3.8) is 0 Å². The van der Waals surface area contributed by atoms with Crippen molar-refractivity contribution in [3.05, 3.63) is 12.2 Å². The Morgan fingerprint density at radius 2 is 1.85 bits per heavy atom. The minimum absolute atomic E-state index is 0.0390. The van der Waals surface area contributed by atoms with Crippen LogP contribution < -0.4 is 0 Å². The van der Waals surface area contributed by atoms with E-state index >= 15 is 0 Å². The van der Waals surface area contributed by atoms with Crippen LogP contribution in [0.4, 0.5) is 0 Å². The van der Waals surface area contributed by atoms with E-state index in [0.29, 0.717) is 24.2 Å². The molecule has 0 radical (unpaired) electrons. The minimum atomic E-state index is -0.197. The lowest BCUT2D eigenvalue weighted by atomic mass is 9.89. The zero-order valence-electron chi connectivity index (χ0n) is 17.2. The molecule has 1 aliphatic carbocycles. The molecule has 1 saturated carbocycles. The Bertz CT molecular complexity index is 408. The third-order valence-corrected chi connectivity index (χ3v) is 5.82. The molecule has 0 amide bonds. The highest BCUT2D eigenvalue weighted by atomic mass is 79.9. The van der Waals surface area contributed by atoms with E-state index in [0.717, 1.165) is 24.6 Å². The second-order valence-corrected chi connectivity index (χ2v) is 8.57. The average Bonchev–Trinajstić information content (AvgIpc) is 2.94. The maximum absolute atomic E-state index is 12.3. The van der Waals surface area contributed by atoms with Crippen molar-refractivity contribution in [2.24, 2.45) is 17.8 Å². The fourth-order valence-electron chi connectivity index (χ4n) is 3.70. The molecule has 0 aromatic carbocycles. The predicted octanol–water partition coefficient (Wildman–Crippen LogP) is 6.30. The number of halogens is 1. The molecule has 0 aromatic heterocycles. The molecule has 1 rings (SSSR count). The van der Waals surface area contributed by atoms with Gasteiger partial charge in [0.25, 0.3) is 0 Å². The van der Waals surface area contributed by atoms with Crippen LogP contribution in [-0.4, -0.2) is 30.1 Å². The van der Waals surface area contributed by atoms with Crippen LogP contribution in [0.3, 0.4) is 0 Å². The molecule has 0 heterocycles. The number of carbonyl (C=O) groups is 1. The maximum atomic E-state index is 12.3. The molecule has 0 aliphatic heterocycles. The molecule has 0 saturated heterocycles. The number of Topliss-reactive ketones (excluding diaryl/α,β-unsaturated/α-hetero) is 1. The van der Waals surface area contributed by atoms with E-state index in [1.807, 2.05) is 13.8 Å².